The summed E-state index contributed by atoms with van der Waals surface area (Å²) in [4.78, 5) is 17.9. The van der Waals surface area contributed by atoms with Gasteiger partial charge in [-0.25, -0.2) is 4.98 Å². The van der Waals surface area contributed by atoms with Gasteiger partial charge in [0.1, 0.15) is 0 Å². The summed E-state index contributed by atoms with van der Waals surface area (Å²) in [6.45, 7) is 7.03. The predicted molar refractivity (Wildman–Crippen MR) is 95.3 cm³/mol. The van der Waals surface area contributed by atoms with Crippen LogP contribution in [0.25, 0.3) is 10.9 Å². The second-order valence-electron chi connectivity index (χ2n) is 6.69. The second kappa shape index (κ2) is 6.65. The fourth-order valence-corrected chi connectivity index (χ4v) is 4.08. The van der Waals surface area contributed by atoms with E-state index in [-0.39, 0.29) is 17.2 Å². The van der Waals surface area contributed by atoms with Crippen LogP contribution >= 0.6 is 11.8 Å². The molecule has 1 aliphatic heterocycles. The third-order valence-corrected chi connectivity index (χ3v) is 5.41. The predicted octanol–water partition coefficient (Wildman–Crippen LogP) is 4.03. The smallest absolute Gasteiger partial charge is 0.262 e. The number of aromatic nitrogens is 2. The molecule has 4 nitrogen and oxygen atoms in total. The summed E-state index contributed by atoms with van der Waals surface area (Å²) in [5.41, 5.74) is 0.677. The molecule has 0 amide bonds. The summed E-state index contributed by atoms with van der Waals surface area (Å²) in [7, 11) is 0. The van der Waals surface area contributed by atoms with Gasteiger partial charge in [-0.2, -0.15) is 0 Å². The van der Waals surface area contributed by atoms with Gasteiger partial charge >= 0.3 is 0 Å². The first kappa shape index (κ1) is 16.5. The van der Waals surface area contributed by atoms with Crippen molar-refractivity contribution in [2.24, 2.45) is 0 Å². The molecule has 1 saturated heterocycles. The summed E-state index contributed by atoms with van der Waals surface area (Å²) in [6, 6.07) is 7.79. The Morgan fingerprint density at radius 1 is 1.39 bits per heavy atom. The summed E-state index contributed by atoms with van der Waals surface area (Å²) in [6.07, 6.45) is 2.77. The monoisotopic (exact) mass is 332 g/mol. The molecular formula is C18H24N2O2S. The van der Waals surface area contributed by atoms with Gasteiger partial charge in [0.2, 0.25) is 0 Å². The fourth-order valence-electron chi connectivity index (χ4n) is 3.16. The first-order chi connectivity index (χ1) is 11.0. The maximum atomic E-state index is 13.1. The Kier molecular flexibility index (Phi) is 4.78. The van der Waals surface area contributed by atoms with Crippen LogP contribution in [0.1, 0.15) is 46.1 Å². The van der Waals surface area contributed by atoms with Crippen LogP contribution in [-0.4, -0.2) is 27.5 Å². The maximum absolute atomic E-state index is 13.1. The molecule has 0 saturated carbocycles. The number of para-hydroxylation sites is 1. The largest absolute Gasteiger partial charge is 0.375 e. The maximum Gasteiger partial charge on any atom is 0.262 e. The van der Waals surface area contributed by atoms with E-state index in [0.717, 1.165) is 35.7 Å². The Balaban J connectivity index is 2.12. The molecule has 1 aliphatic rings. The highest BCUT2D eigenvalue weighted by molar-refractivity contribution is 7.99. The summed E-state index contributed by atoms with van der Waals surface area (Å²) < 4.78 is 7.75. The van der Waals surface area contributed by atoms with Crippen LogP contribution in [-0.2, 0) is 4.74 Å². The molecule has 1 atom stereocenters. The van der Waals surface area contributed by atoms with Crippen molar-refractivity contribution in [3.8, 4) is 0 Å². The molecule has 23 heavy (non-hydrogen) atoms. The van der Waals surface area contributed by atoms with Crippen molar-refractivity contribution in [2.45, 2.75) is 56.8 Å². The van der Waals surface area contributed by atoms with E-state index < -0.39 is 0 Å². The molecular weight excluding hydrogens is 308 g/mol. The van der Waals surface area contributed by atoms with Crippen LogP contribution in [0, 0.1) is 0 Å². The van der Waals surface area contributed by atoms with E-state index in [1.54, 1.807) is 11.8 Å². The van der Waals surface area contributed by atoms with E-state index in [0.29, 0.717) is 12.0 Å². The molecule has 0 bridgehead atoms. The zero-order chi connectivity index (χ0) is 16.4. The van der Waals surface area contributed by atoms with Crippen molar-refractivity contribution in [3.63, 3.8) is 0 Å². The van der Waals surface area contributed by atoms with Crippen molar-refractivity contribution >= 4 is 22.7 Å². The molecule has 2 heterocycles. The van der Waals surface area contributed by atoms with Gasteiger partial charge in [0.25, 0.3) is 5.56 Å². The molecule has 2 aromatic rings. The van der Waals surface area contributed by atoms with Gasteiger partial charge in [-0.1, -0.05) is 30.8 Å². The van der Waals surface area contributed by atoms with E-state index in [4.69, 9.17) is 9.72 Å². The Labute approximate surface area is 141 Å². The van der Waals surface area contributed by atoms with Gasteiger partial charge < -0.3 is 4.74 Å². The van der Waals surface area contributed by atoms with Gasteiger partial charge in [-0.3, -0.25) is 9.36 Å². The number of benzene rings is 1. The summed E-state index contributed by atoms with van der Waals surface area (Å²) in [5.74, 6) is 0.970. The van der Waals surface area contributed by atoms with Crippen LogP contribution in [0.15, 0.2) is 34.2 Å². The third-order valence-electron chi connectivity index (χ3n) is 4.25. The van der Waals surface area contributed by atoms with Crippen LogP contribution in [0.4, 0.5) is 0 Å². The van der Waals surface area contributed by atoms with Gasteiger partial charge in [0.05, 0.1) is 16.5 Å². The van der Waals surface area contributed by atoms with Crippen LogP contribution in [0.5, 0.6) is 0 Å². The molecule has 3 rings (SSSR count). The highest BCUT2D eigenvalue weighted by Gasteiger charge is 2.32. The number of hydrogen-bond donors (Lipinski definition) is 0. The molecule has 1 aromatic carbocycles. The molecule has 0 radical (unpaired) electrons. The Morgan fingerprint density at radius 2 is 2.17 bits per heavy atom. The molecule has 0 N–H and O–H groups in total. The lowest BCUT2D eigenvalue weighted by Crippen LogP contribution is -2.39. The van der Waals surface area contributed by atoms with Gasteiger partial charge in [0.15, 0.2) is 5.16 Å². The Hall–Kier alpha value is -1.33. The third kappa shape index (κ3) is 3.45. The molecule has 0 spiro atoms. The van der Waals surface area contributed by atoms with E-state index in [1.165, 1.54) is 0 Å². The lowest BCUT2D eigenvalue weighted by atomic mass is 9.93. The van der Waals surface area contributed by atoms with Crippen molar-refractivity contribution in [1.82, 2.24) is 9.55 Å². The minimum atomic E-state index is -0.194. The highest BCUT2D eigenvalue weighted by Crippen LogP contribution is 2.33. The van der Waals surface area contributed by atoms with Crippen LogP contribution in [0.2, 0.25) is 0 Å². The number of nitrogens with zero attached hydrogens (tertiary/aromatic N) is 2. The summed E-state index contributed by atoms with van der Waals surface area (Å²) >= 11 is 1.68. The minimum Gasteiger partial charge on any atom is -0.375 e. The zero-order valence-electron chi connectivity index (χ0n) is 14.0. The normalized spacial score (nSPS) is 20.7. The summed E-state index contributed by atoms with van der Waals surface area (Å²) in [5, 5.41) is 1.55. The molecule has 0 aliphatic carbocycles. The molecule has 124 valence electrons. The SMILES string of the molecule is CCCSc1nc2ccccc2c(=O)n1[C@H]1CCOC(C)(C)C1. The topological polar surface area (TPSA) is 44.1 Å². The molecule has 0 unspecified atom stereocenters. The van der Waals surface area contributed by atoms with Gasteiger partial charge in [0, 0.05) is 18.4 Å². The first-order valence-corrected chi connectivity index (χ1v) is 9.28. The van der Waals surface area contributed by atoms with Gasteiger partial charge in [-0.05, 0) is 45.2 Å². The van der Waals surface area contributed by atoms with Crippen molar-refractivity contribution < 1.29 is 4.74 Å². The first-order valence-electron chi connectivity index (χ1n) is 8.30. The van der Waals surface area contributed by atoms with Gasteiger partial charge in [-0.15, -0.1) is 0 Å². The Morgan fingerprint density at radius 3 is 2.91 bits per heavy atom. The van der Waals surface area contributed by atoms with E-state index in [9.17, 15) is 4.79 Å². The number of rotatable bonds is 4. The van der Waals surface area contributed by atoms with E-state index in [2.05, 4.69) is 20.8 Å². The Bertz CT molecular complexity index is 754. The van der Waals surface area contributed by atoms with E-state index >= 15 is 0 Å². The number of hydrogen-bond acceptors (Lipinski definition) is 4. The lowest BCUT2D eigenvalue weighted by molar-refractivity contribution is -0.0708. The lowest BCUT2D eigenvalue weighted by Gasteiger charge is -2.36. The van der Waals surface area contributed by atoms with Crippen molar-refractivity contribution in [3.05, 3.63) is 34.6 Å². The average Bonchev–Trinajstić information content (AvgIpc) is 2.52. The second-order valence-corrected chi connectivity index (χ2v) is 7.75. The number of fused-ring (bicyclic) bond motifs is 1. The van der Waals surface area contributed by atoms with Crippen LogP contribution in [0.3, 0.4) is 0 Å². The molecule has 1 aromatic heterocycles. The van der Waals surface area contributed by atoms with Crippen molar-refractivity contribution in [1.29, 1.82) is 0 Å². The van der Waals surface area contributed by atoms with E-state index in [1.807, 2.05) is 28.8 Å². The van der Waals surface area contributed by atoms with Crippen LogP contribution < -0.4 is 5.56 Å². The average molecular weight is 332 g/mol. The fraction of sp³-hybridized carbons (Fsp3) is 0.556. The quantitative estimate of drug-likeness (QED) is 0.626. The zero-order valence-corrected chi connectivity index (χ0v) is 14.9. The number of ether oxygens (including phenoxy) is 1. The molecule has 5 heteroatoms. The minimum absolute atomic E-state index is 0.0805. The molecule has 1 fully saturated rings. The standard InChI is InChI=1S/C18H24N2O2S/c1-4-11-23-17-19-15-8-6-5-7-14(15)16(21)20(17)13-9-10-22-18(2,3)12-13/h5-8,13H,4,9-12H2,1-3H3/t13-/m0/s1. The van der Waals surface area contributed by atoms with Crippen molar-refractivity contribution in [2.75, 3.05) is 12.4 Å². The highest BCUT2D eigenvalue weighted by atomic mass is 32.2. The number of thioether (sulfide) groups is 1.